The Morgan fingerprint density at radius 1 is 0.439 bits per heavy atom. The summed E-state index contributed by atoms with van der Waals surface area (Å²) in [6.45, 7) is 6.05. The molecule has 20 bridgehead atoms. The zero-order valence-corrected chi connectivity index (χ0v) is 89.2. The van der Waals surface area contributed by atoms with Crippen molar-refractivity contribution in [3.63, 3.8) is 0 Å². The molecule has 5 N–H and O–H groups in total. The number of rotatable bonds is 11. The van der Waals surface area contributed by atoms with Crippen molar-refractivity contribution in [3.05, 3.63) is 10.4 Å². The molecule has 20 fully saturated rings. The normalized spacial score (nSPS) is 38.4. The zero-order chi connectivity index (χ0) is 81.1. The average molecular weight is 2670 g/mol. The molecule has 0 heterocycles. The summed E-state index contributed by atoms with van der Waals surface area (Å²) < 4.78 is 17.9. The van der Waals surface area contributed by atoms with E-state index < -0.39 is 93.8 Å². The van der Waals surface area contributed by atoms with Crippen LogP contribution in [0.4, 0.5) is 0 Å². The van der Waals surface area contributed by atoms with E-state index in [0.717, 1.165) is 145 Å². The van der Waals surface area contributed by atoms with Gasteiger partial charge in [0, 0.05) is 63.2 Å². The molecule has 20 rings (SSSR count). The molecular weight excluding hydrogens is 2570 g/mol. The van der Waals surface area contributed by atoms with Crippen LogP contribution >= 0.6 is 281 Å². The number of aliphatic carboxylic acids is 2. The molecule has 617 valence electrons. The van der Waals surface area contributed by atoms with Gasteiger partial charge in [0.25, 0.3) is 9.74 Å². The third-order valence-electron chi connectivity index (χ3n) is 25.1. The van der Waals surface area contributed by atoms with Crippen LogP contribution in [0.3, 0.4) is 0 Å². The fraction of sp³-hybridized carbons (Fsp3) is 0.884. The van der Waals surface area contributed by atoms with Crippen molar-refractivity contribution in [2.75, 3.05) is 28.4 Å². The molecule has 0 aromatic carbocycles. The number of hydrogen-bond donors (Lipinski definition) is 5. The number of carboxylic acid groups (broad SMARTS) is 2. The van der Waals surface area contributed by atoms with Crippen molar-refractivity contribution in [3.8, 4) is 0 Å². The average Bonchev–Trinajstić information content (AvgIpc) is 0.723. The molecule has 0 aliphatic heterocycles. The van der Waals surface area contributed by atoms with Crippen LogP contribution in [-0.2, 0) is 66.5 Å². The predicted molar refractivity (Wildman–Crippen MR) is 485 cm³/mol. The maximum atomic E-state index is 11.9. The Bertz CT molecular complexity index is 3030. The van der Waals surface area contributed by atoms with E-state index in [4.69, 9.17) is 151 Å². The first-order chi connectivity index (χ1) is 49.2. The van der Waals surface area contributed by atoms with E-state index >= 15 is 0 Å². The van der Waals surface area contributed by atoms with Crippen molar-refractivity contribution < 1.29 is 92.1 Å². The van der Waals surface area contributed by atoms with Crippen molar-refractivity contribution in [2.45, 2.75) is 250 Å². The first-order valence-electron chi connectivity index (χ1n) is 35.6. The number of carbonyl (C=O) groups is 6. The topological polar surface area (TPSA) is 250 Å². The summed E-state index contributed by atoms with van der Waals surface area (Å²) >= 11 is 84.1. The number of esters is 3. The van der Waals surface area contributed by atoms with Crippen molar-refractivity contribution in [2.24, 2.45) is 92.7 Å². The molecule has 0 amide bonds. The molecule has 20 aliphatic carbocycles. The number of hydrogen-bond acceptors (Lipinski definition) is 14. The monoisotopic (exact) mass is 2660 g/mol. The van der Waals surface area contributed by atoms with Crippen molar-refractivity contribution in [1.29, 1.82) is 0 Å². The van der Waals surface area contributed by atoms with Gasteiger partial charge in [0.05, 0.1) is 45.2 Å². The number of ketones is 1. The molecule has 20 saturated carbocycles. The van der Waals surface area contributed by atoms with Crippen molar-refractivity contribution in [1.82, 2.24) is 0 Å². The number of methoxy groups -OCH3 is 4. The number of carboxylic acids is 2. The Morgan fingerprint density at radius 3 is 0.916 bits per heavy atom. The minimum absolute atomic E-state index is 0.0370. The van der Waals surface area contributed by atoms with Crippen LogP contribution in [0.15, 0.2) is 10.4 Å². The first kappa shape index (κ1) is 102. The van der Waals surface area contributed by atoms with Crippen LogP contribution in [0.25, 0.3) is 0 Å². The molecule has 107 heavy (non-hydrogen) atoms. The van der Waals surface area contributed by atoms with Crippen LogP contribution in [-0.4, -0.2) is 136 Å². The summed E-state index contributed by atoms with van der Waals surface area (Å²) in [5.74, 6) is 2.95. The van der Waals surface area contributed by atoms with Crippen LogP contribution in [0.5, 0.6) is 0 Å². The molecule has 0 saturated heterocycles. The van der Waals surface area contributed by atoms with Gasteiger partial charge in [0.1, 0.15) is 0 Å². The molecule has 0 radical (unpaired) electrons. The fourth-order valence-corrected chi connectivity index (χ4v) is 28.2. The molecule has 20 aliphatic rings. The summed E-state index contributed by atoms with van der Waals surface area (Å²) in [4.78, 5) is 67.7. The second-order valence-electron chi connectivity index (χ2n) is 34.5. The molecule has 0 aromatic rings. The van der Waals surface area contributed by atoms with Gasteiger partial charge >= 0.3 is 144 Å². The Hall–Kier alpha value is 6.41. The molecular formula is C69H98BrCl11I7O16SiV2. The van der Waals surface area contributed by atoms with E-state index in [9.17, 15) is 49.2 Å². The number of aliphatic hydroxyl groups is 3. The van der Waals surface area contributed by atoms with Gasteiger partial charge in [-0.15, -0.1) is 0 Å². The van der Waals surface area contributed by atoms with E-state index in [1.165, 1.54) is 59.9 Å². The van der Waals surface area contributed by atoms with E-state index in [2.05, 4.69) is 158 Å². The summed E-state index contributed by atoms with van der Waals surface area (Å²) in [7, 11) is 4.25. The molecule has 0 spiro atoms. The van der Waals surface area contributed by atoms with E-state index in [-0.39, 0.29) is 20.8 Å². The van der Waals surface area contributed by atoms with Crippen LogP contribution in [0, 0.1) is 92.7 Å². The van der Waals surface area contributed by atoms with E-state index in [1.807, 2.05) is 19.6 Å². The third kappa shape index (κ3) is 26.3. The Morgan fingerprint density at radius 2 is 0.701 bits per heavy atom. The van der Waals surface area contributed by atoms with Gasteiger partial charge in [-0.05, 0) is 283 Å². The summed E-state index contributed by atoms with van der Waals surface area (Å²) in [5, 5.41) is 49.6. The van der Waals surface area contributed by atoms with Crippen LogP contribution < -0.4 is 0 Å². The van der Waals surface area contributed by atoms with Gasteiger partial charge in [0.2, 0.25) is 27.1 Å². The van der Waals surface area contributed by atoms with Gasteiger partial charge in [-0.1, -0.05) is 144 Å². The minimum atomic E-state index is -1.94. The van der Waals surface area contributed by atoms with Gasteiger partial charge in [-0.3, -0.25) is 4.79 Å². The Balaban J connectivity index is 0.000000194. The van der Waals surface area contributed by atoms with Crippen molar-refractivity contribution >= 4 is 325 Å². The molecule has 6 atom stereocenters. The summed E-state index contributed by atoms with van der Waals surface area (Å²) in [6.07, 6.45) is 29.9. The van der Waals surface area contributed by atoms with Crippen LogP contribution in [0.1, 0.15) is 193 Å². The number of alkyl halides is 10. The number of carbonyl (C=O) groups excluding carboxylic acids is 4. The SMILES string of the molecule is BrC12CC3CC(CC(C3)C1)C2.COC(=O)C(Cl)(Cl)C12CC3CC(CC(C3)C1)C2.COC(=O)C(Cl)(Cl)C12CC3CC(CC(O)(C3)C1)C2.COC(=O)C(Cl)(Cl)Cl.COC(O[Si](C)(C)C)=C(Cl)Cl.II.O=C(O)C(=O)C12CC3CC(CC(O)(C3)C1)C2.O=C(O)C(Cl)(Cl)C12CC3CC(CC(O)(C3)C1)C2.[I][V]([I])[I].[I][V][I]. The third-order valence-corrected chi connectivity index (χ3v) is 31.0. The maximum absolute atomic E-state index is 11.9. The first-order valence-corrected chi connectivity index (χ1v) is 72.8. The second kappa shape index (κ2) is 41.5. The molecule has 38 heteroatoms. The molecule has 6 unspecified atom stereocenters. The van der Waals surface area contributed by atoms with E-state index in [1.54, 1.807) is 19.3 Å². The Labute approximate surface area is 786 Å². The quantitative estimate of drug-likeness (QED) is 0.0245. The molecule has 0 aromatic heterocycles. The Kier molecular flexibility index (Phi) is 39.6. The standard InChI is InChI=1S/C13H18Cl2O3.C13H18Cl2O2.C12H16Cl2O3.C12H16O4.C10H15Br.C6H12Cl2O2Si.C3H3Cl3O2.I2.5HI.2V/c1-18-10(16)13(14,15)11-3-8-2-9(4-11)6-12(17,5-8)7-11;1-17-11(16)13(14,15)12-5-8-2-9(6-12)4-10(3-8)7-12;13-12(14,9(15)16)10-2-7-1-8(3-10)5-11(17,4-7)6-10;13-9(10(14)15)11-2-7-1-8(3-11)5-12(16,4-7)6-11;11-10-4-7-1-8(5-10)3-9(2-7)6-10;1-9-6(5(7)8)10-11(2,3)4;1-8-2(7)3(4,5)6;1-2;;;;;;;/h8-9,17H,2-7H2,1H3;8-10H,2-7H2,1H3;7-8,17H,1-6H2,(H,15,16);7-8,16H,1-6H2,(H,14,15);7-9H,1-6H2;1-4H3;1H3;;5*1H;;/q;;;;;;;;;;;;;+2;+3/p-5. The zero-order valence-electron chi connectivity index (χ0n) is 60.4. The second-order valence-corrected chi connectivity index (χ2v) is 95.0. The fourth-order valence-electron chi connectivity index (χ4n) is 23.8. The number of Topliss-reactive ketones (excluding diaryl/α,β-unsaturated/α-hetero) is 1. The number of halogens is 19. The predicted octanol–water partition coefficient (Wildman–Crippen LogP) is 23.9. The van der Waals surface area contributed by atoms with Gasteiger partial charge in [-0.25, -0.2) is 24.0 Å². The summed E-state index contributed by atoms with van der Waals surface area (Å²) in [6, 6.07) is 0. The van der Waals surface area contributed by atoms with Gasteiger partial charge < -0.3 is 48.9 Å². The van der Waals surface area contributed by atoms with Gasteiger partial charge in [-0.2, -0.15) is 0 Å². The number of ether oxygens (including phenoxy) is 4. The van der Waals surface area contributed by atoms with E-state index in [0.29, 0.717) is 81.4 Å². The summed E-state index contributed by atoms with van der Waals surface area (Å²) in [5.41, 5.74) is -4.28. The molecule has 16 nitrogen and oxygen atoms in total. The van der Waals surface area contributed by atoms with Crippen LogP contribution in [0.2, 0.25) is 19.6 Å². The van der Waals surface area contributed by atoms with Gasteiger partial charge in [0.15, 0.2) is 4.49 Å².